The summed E-state index contributed by atoms with van der Waals surface area (Å²) < 4.78 is 4.61. The van der Waals surface area contributed by atoms with Gasteiger partial charge in [-0.1, -0.05) is 26.0 Å². The Kier molecular flexibility index (Phi) is 5.51. The molecule has 0 aliphatic rings. The van der Waals surface area contributed by atoms with Gasteiger partial charge >= 0.3 is 5.97 Å². The molecule has 0 bridgehead atoms. The van der Waals surface area contributed by atoms with Gasteiger partial charge in [0.2, 0.25) is 5.91 Å². The molecule has 0 aliphatic heterocycles. The number of amides is 1. The summed E-state index contributed by atoms with van der Waals surface area (Å²) in [5.74, 6) is -0.453. The Bertz CT molecular complexity index is 441. The normalized spacial score (nSPS) is 12.1. The minimum Gasteiger partial charge on any atom is -0.465 e. The molecule has 1 atom stereocenters. The van der Waals surface area contributed by atoms with Crippen molar-refractivity contribution in [3.8, 4) is 0 Å². The van der Waals surface area contributed by atoms with Crippen molar-refractivity contribution in [2.75, 3.05) is 7.11 Å². The molecule has 1 aromatic carbocycles. The van der Waals surface area contributed by atoms with E-state index in [-0.39, 0.29) is 17.8 Å². The molecule has 19 heavy (non-hydrogen) atoms. The van der Waals surface area contributed by atoms with Crippen LogP contribution in [0.25, 0.3) is 0 Å². The number of nitrogens with two attached hydrogens (primary N) is 1. The van der Waals surface area contributed by atoms with E-state index >= 15 is 0 Å². The predicted molar refractivity (Wildman–Crippen MR) is 72.4 cm³/mol. The minimum atomic E-state index is -0.505. The van der Waals surface area contributed by atoms with Crippen LogP contribution >= 0.6 is 0 Å². The molecule has 5 heteroatoms. The molecule has 1 amide bonds. The third kappa shape index (κ3) is 4.37. The largest absolute Gasteiger partial charge is 0.465 e. The number of esters is 1. The minimum absolute atomic E-state index is 0.0988. The summed E-state index contributed by atoms with van der Waals surface area (Å²) in [4.78, 5) is 22.9. The zero-order valence-electron chi connectivity index (χ0n) is 11.5. The molecular weight excluding hydrogens is 244 g/mol. The Morgan fingerprint density at radius 1 is 1.26 bits per heavy atom. The van der Waals surface area contributed by atoms with E-state index < -0.39 is 6.04 Å². The van der Waals surface area contributed by atoms with E-state index in [1.54, 1.807) is 24.3 Å². The molecule has 0 radical (unpaired) electrons. The van der Waals surface area contributed by atoms with Crippen molar-refractivity contribution >= 4 is 11.9 Å². The number of rotatable bonds is 5. The quantitative estimate of drug-likeness (QED) is 0.779. The van der Waals surface area contributed by atoms with E-state index in [0.717, 1.165) is 5.56 Å². The topological polar surface area (TPSA) is 81.4 Å². The lowest BCUT2D eigenvalue weighted by Gasteiger charge is -2.15. The van der Waals surface area contributed by atoms with Crippen molar-refractivity contribution < 1.29 is 14.3 Å². The number of hydrogen-bond donors (Lipinski definition) is 2. The van der Waals surface area contributed by atoms with Crippen molar-refractivity contribution in [2.24, 2.45) is 11.7 Å². The summed E-state index contributed by atoms with van der Waals surface area (Å²) >= 11 is 0. The van der Waals surface area contributed by atoms with Gasteiger partial charge in [0, 0.05) is 6.54 Å². The summed E-state index contributed by atoms with van der Waals surface area (Å²) in [6.45, 7) is 4.19. The second-order valence-corrected chi connectivity index (χ2v) is 4.68. The molecule has 1 rings (SSSR count). The van der Waals surface area contributed by atoms with Crippen molar-refractivity contribution in [3.05, 3.63) is 35.4 Å². The number of hydrogen-bond acceptors (Lipinski definition) is 4. The molecule has 0 fully saturated rings. The van der Waals surface area contributed by atoms with Gasteiger partial charge in [-0.25, -0.2) is 4.79 Å². The van der Waals surface area contributed by atoms with Gasteiger partial charge in [0.15, 0.2) is 0 Å². The predicted octanol–water partition coefficient (Wildman–Crippen LogP) is 1.07. The van der Waals surface area contributed by atoms with Gasteiger partial charge in [-0.15, -0.1) is 0 Å². The van der Waals surface area contributed by atoms with Crippen LogP contribution in [-0.2, 0) is 16.1 Å². The Morgan fingerprint density at radius 2 is 1.84 bits per heavy atom. The van der Waals surface area contributed by atoms with Crippen molar-refractivity contribution in [1.82, 2.24) is 5.32 Å². The molecule has 0 spiro atoms. The summed E-state index contributed by atoms with van der Waals surface area (Å²) in [7, 11) is 1.34. The Balaban J connectivity index is 2.55. The molecule has 1 aromatic rings. The van der Waals surface area contributed by atoms with Crippen LogP contribution in [0.1, 0.15) is 29.8 Å². The zero-order chi connectivity index (χ0) is 14.4. The van der Waals surface area contributed by atoms with Gasteiger partial charge in [0.25, 0.3) is 0 Å². The average Bonchev–Trinajstić information content (AvgIpc) is 2.43. The smallest absolute Gasteiger partial charge is 0.337 e. The number of ether oxygens (including phenoxy) is 1. The molecule has 5 nitrogen and oxygen atoms in total. The number of methoxy groups -OCH3 is 1. The fourth-order valence-electron chi connectivity index (χ4n) is 1.49. The maximum atomic E-state index is 11.7. The molecule has 3 N–H and O–H groups in total. The van der Waals surface area contributed by atoms with Crippen LogP contribution in [0.15, 0.2) is 24.3 Å². The Labute approximate surface area is 113 Å². The van der Waals surface area contributed by atoms with E-state index in [9.17, 15) is 9.59 Å². The van der Waals surface area contributed by atoms with Crippen LogP contribution in [-0.4, -0.2) is 25.0 Å². The number of carbonyl (C=O) groups is 2. The van der Waals surface area contributed by atoms with Crippen molar-refractivity contribution in [2.45, 2.75) is 26.4 Å². The van der Waals surface area contributed by atoms with E-state index in [1.165, 1.54) is 7.11 Å². The highest BCUT2D eigenvalue weighted by atomic mass is 16.5. The first-order chi connectivity index (χ1) is 8.95. The number of nitrogens with one attached hydrogen (secondary N) is 1. The maximum Gasteiger partial charge on any atom is 0.337 e. The van der Waals surface area contributed by atoms with E-state index in [4.69, 9.17) is 5.73 Å². The molecule has 0 saturated heterocycles. The standard InChI is InChI=1S/C14H20N2O3/c1-9(2)12(15)13(17)16-8-10-4-6-11(7-5-10)14(18)19-3/h4-7,9,12H,8,15H2,1-3H3,(H,16,17)/t12-/m1/s1. The molecular formula is C14H20N2O3. The Morgan fingerprint density at radius 3 is 2.32 bits per heavy atom. The van der Waals surface area contributed by atoms with Gasteiger partial charge in [0.05, 0.1) is 18.7 Å². The van der Waals surface area contributed by atoms with Crippen LogP contribution in [0.2, 0.25) is 0 Å². The lowest BCUT2D eigenvalue weighted by molar-refractivity contribution is -0.123. The third-order valence-corrected chi connectivity index (χ3v) is 2.86. The van der Waals surface area contributed by atoms with Gasteiger partial charge < -0.3 is 15.8 Å². The van der Waals surface area contributed by atoms with Crippen LogP contribution in [0.3, 0.4) is 0 Å². The van der Waals surface area contributed by atoms with E-state index in [1.807, 2.05) is 13.8 Å². The lowest BCUT2D eigenvalue weighted by Crippen LogP contribution is -2.43. The second-order valence-electron chi connectivity index (χ2n) is 4.68. The molecule has 0 saturated carbocycles. The first-order valence-corrected chi connectivity index (χ1v) is 6.16. The van der Waals surface area contributed by atoms with Crippen LogP contribution in [0, 0.1) is 5.92 Å². The number of benzene rings is 1. The summed E-state index contributed by atoms with van der Waals surface area (Å²) in [5, 5.41) is 2.76. The third-order valence-electron chi connectivity index (χ3n) is 2.86. The summed E-state index contributed by atoms with van der Waals surface area (Å²) in [5.41, 5.74) is 7.12. The monoisotopic (exact) mass is 264 g/mol. The highest BCUT2D eigenvalue weighted by molar-refractivity contribution is 5.89. The maximum absolute atomic E-state index is 11.7. The van der Waals surface area contributed by atoms with Crippen LogP contribution in [0.4, 0.5) is 0 Å². The molecule has 0 aromatic heterocycles. The average molecular weight is 264 g/mol. The molecule has 0 heterocycles. The van der Waals surface area contributed by atoms with Gasteiger partial charge in [0.1, 0.15) is 0 Å². The van der Waals surface area contributed by atoms with Gasteiger partial charge in [-0.2, -0.15) is 0 Å². The second kappa shape index (κ2) is 6.89. The molecule has 0 unspecified atom stereocenters. The highest BCUT2D eigenvalue weighted by Crippen LogP contribution is 2.06. The SMILES string of the molecule is COC(=O)c1ccc(CNC(=O)[C@H](N)C(C)C)cc1. The van der Waals surface area contributed by atoms with Crippen molar-refractivity contribution in [3.63, 3.8) is 0 Å². The van der Waals surface area contributed by atoms with Crippen LogP contribution in [0.5, 0.6) is 0 Å². The summed E-state index contributed by atoms with van der Waals surface area (Å²) in [6.07, 6.45) is 0. The lowest BCUT2D eigenvalue weighted by atomic mass is 10.0. The first-order valence-electron chi connectivity index (χ1n) is 6.16. The van der Waals surface area contributed by atoms with E-state index in [0.29, 0.717) is 12.1 Å². The summed E-state index contributed by atoms with van der Waals surface area (Å²) in [6, 6.07) is 6.36. The highest BCUT2D eigenvalue weighted by Gasteiger charge is 2.16. The van der Waals surface area contributed by atoms with Crippen molar-refractivity contribution in [1.29, 1.82) is 0 Å². The van der Waals surface area contributed by atoms with Gasteiger partial charge in [-0.3, -0.25) is 4.79 Å². The fourth-order valence-corrected chi connectivity index (χ4v) is 1.49. The molecule has 0 aliphatic carbocycles. The van der Waals surface area contributed by atoms with Crippen LogP contribution < -0.4 is 11.1 Å². The van der Waals surface area contributed by atoms with Gasteiger partial charge in [-0.05, 0) is 23.6 Å². The molecule has 104 valence electrons. The zero-order valence-corrected chi connectivity index (χ0v) is 11.5. The Hall–Kier alpha value is -1.88. The first kappa shape index (κ1) is 15.2. The van der Waals surface area contributed by atoms with E-state index in [2.05, 4.69) is 10.1 Å². The number of carbonyl (C=O) groups excluding carboxylic acids is 2. The fraction of sp³-hybridized carbons (Fsp3) is 0.429.